The van der Waals surface area contributed by atoms with E-state index in [1.165, 1.54) is 11.8 Å². The van der Waals surface area contributed by atoms with Gasteiger partial charge in [0.25, 0.3) is 0 Å². The van der Waals surface area contributed by atoms with Crippen molar-refractivity contribution in [1.29, 1.82) is 0 Å². The summed E-state index contributed by atoms with van der Waals surface area (Å²) in [6, 6.07) is 20.0. The van der Waals surface area contributed by atoms with Crippen molar-refractivity contribution in [1.82, 2.24) is 9.80 Å². The van der Waals surface area contributed by atoms with Crippen LogP contribution in [0.5, 0.6) is 0 Å². The highest BCUT2D eigenvalue weighted by atomic mass is 32.2. The summed E-state index contributed by atoms with van der Waals surface area (Å²) >= 11 is 1.54. The molecule has 0 radical (unpaired) electrons. The highest BCUT2D eigenvalue weighted by Gasteiger charge is 2.52. The number of benzene rings is 2. The second-order valence-corrected chi connectivity index (χ2v) is 7.44. The van der Waals surface area contributed by atoms with Gasteiger partial charge in [-0.05, 0) is 11.1 Å². The van der Waals surface area contributed by atoms with E-state index in [9.17, 15) is 9.90 Å². The normalized spacial score (nSPS) is 26.0. The maximum atomic E-state index is 13.0. The molecule has 24 heavy (non-hydrogen) atoms. The van der Waals surface area contributed by atoms with Crippen LogP contribution in [0.1, 0.15) is 11.1 Å². The fourth-order valence-electron chi connectivity index (χ4n) is 3.57. The molecule has 1 N–H and O–H groups in total. The number of hydrogen-bond donors (Lipinski definition) is 1. The van der Waals surface area contributed by atoms with Gasteiger partial charge in [0.2, 0.25) is 0 Å². The zero-order chi connectivity index (χ0) is 16.5. The van der Waals surface area contributed by atoms with Crippen LogP contribution in [0.15, 0.2) is 60.7 Å². The first-order valence-corrected chi connectivity index (χ1v) is 9.23. The van der Waals surface area contributed by atoms with Crippen molar-refractivity contribution >= 4 is 17.8 Å². The van der Waals surface area contributed by atoms with Gasteiger partial charge in [-0.1, -0.05) is 60.7 Å². The maximum Gasteiger partial charge on any atom is 0.321 e. The molecule has 2 aromatic carbocycles. The van der Waals surface area contributed by atoms with Crippen molar-refractivity contribution < 1.29 is 9.90 Å². The summed E-state index contributed by atoms with van der Waals surface area (Å²) in [6.07, 6.45) is 0. The smallest absolute Gasteiger partial charge is 0.321 e. The average molecular weight is 340 g/mol. The van der Waals surface area contributed by atoms with E-state index in [1.807, 2.05) is 70.5 Å². The third-order valence-corrected chi connectivity index (χ3v) is 5.92. The minimum Gasteiger partial charge on any atom is -0.380 e. The van der Waals surface area contributed by atoms with E-state index in [1.54, 1.807) is 0 Å². The number of nitrogens with zero attached hydrogens (tertiary/aromatic N) is 2. The topological polar surface area (TPSA) is 43.8 Å². The van der Waals surface area contributed by atoms with E-state index in [2.05, 4.69) is 0 Å². The van der Waals surface area contributed by atoms with Crippen molar-refractivity contribution in [2.45, 2.75) is 30.6 Å². The molecule has 4 nitrogen and oxygen atoms in total. The maximum absolute atomic E-state index is 13.0. The van der Waals surface area contributed by atoms with E-state index >= 15 is 0 Å². The molecule has 0 saturated carbocycles. The number of urea groups is 1. The van der Waals surface area contributed by atoms with Crippen LogP contribution in [0.4, 0.5) is 4.79 Å². The third kappa shape index (κ3) is 2.78. The number of thioether (sulfide) groups is 1. The molecule has 2 aliphatic heterocycles. The van der Waals surface area contributed by atoms with Gasteiger partial charge in [-0.15, -0.1) is 11.8 Å². The van der Waals surface area contributed by atoms with Gasteiger partial charge in [0.05, 0.1) is 12.1 Å². The Morgan fingerprint density at radius 1 is 0.917 bits per heavy atom. The van der Waals surface area contributed by atoms with Crippen molar-refractivity contribution in [3.05, 3.63) is 71.8 Å². The van der Waals surface area contributed by atoms with Crippen LogP contribution in [-0.2, 0) is 13.1 Å². The first-order chi connectivity index (χ1) is 11.7. The van der Waals surface area contributed by atoms with Gasteiger partial charge < -0.3 is 14.9 Å². The summed E-state index contributed by atoms with van der Waals surface area (Å²) in [5, 5.41) is 10.4. The molecule has 124 valence electrons. The fraction of sp³-hybridized carbons (Fsp3) is 0.316. The Morgan fingerprint density at radius 3 is 2.04 bits per heavy atom. The Kier molecular flexibility index (Phi) is 4.21. The number of aliphatic hydroxyl groups excluding tert-OH is 1. The SMILES string of the molecule is O=C1N(Cc2ccccc2)[C@@H]2C(O)SC[C@@H]2N1Cc1ccccc1. The summed E-state index contributed by atoms with van der Waals surface area (Å²) in [4.78, 5) is 16.8. The summed E-state index contributed by atoms with van der Waals surface area (Å²) < 4.78 is 0. The monoisotopic (exact) mass is 340 g/mol. The van der Waals surface area contributed by atoms with Gasteiger partial charge in [-0.2, -0.15) is 0 Å². The molecule has 2 aromatic rings. The van der Waals surface area contributed by atoms with Gasteiger partial charge in [-0.25, -0.2) is 4.79 Å². The summed E-state index contributed by atoms with van der Waals surface area (Å²) in [5.74, 6) is 0.787. The fourth-order valence-corrected chi connectivity index (χ4v) is 4.87. The number of fused-ring (bicyclic) bond motifs is 1. The largest absolute Gasteiger partial charge is 0.380 e. The highest BCUT2D eigenvalue weighted by Crippen LogP contribution is 2.39. The predicted octanol–water partition coefficient (Wildman–Crippen LogP) is 2.93. The summed E-state index contributed by atoms with van der Waals surface area (Å²) in [5.41, 5.74) is 1.70. The lowest BCUT2D eigenvalue weighted by Crippen LogP contribution is -2.40. The Bertz CT molecular complexity index is 710. The zero-order valence-corrected chi connectivity index (χ0v) is 14.1. The molecular weight excluding hydrogens is 320 g/mol. The van der Waals surface area contributed by atoms with Gasteiger partial charge in [0.1, 0.15) is 5.44 Å². The quantitative estimate of drug-likeness (QED) is 0.871. The first kappa shape index (κ1) is 15.5. The standard InChI is InChI=1S/C19H20N2O2S/c22-18-17-16(13-24-18)20(11-14-7-3-1-4-8-14)19(23)21(17)12-15-9-5-2-6-10-15/h1-10,16-18,22H,11-13H2/t16-,17-,18?/m0/s1. The molecule has 2 heterocycles. The van der Waals surface area contributed by atoms with E-state index < -0.39 is 5.44 Å². The predicted molar refractivity (Wildman–Crippen MR) is 95.4 cm³/mol. The molecule has 0 bridgehead atoms. The van der Waals surface area contributed by atoms with Crippen molar-refractivity contribution in [3.63, 3.8) is 0 Å². The Morgan fingerprint density at radius 2 is 1.46 bits per heavy atom. The second kappa shape index (κ2) is 6.49. The lowest BCUT2D eigenvalue weighted by molar-refractivity contribution is 0.139. The lowest BCUT2D eigenvalue weighted by atomic mass is 10.1. The molecule has 0 spiro atoms. The second-order valence-electron chi connectivity index (χ2n) is 6.29. The molecule has 2 amide bonds. The zero-order valence-electron chi connectivity index (χ0n) is 13.3. The summed E-state index contributed by atoms with van der Waals surface area (Å²) in [7, 11) is 0. The first-order valence-electron chi connectivity index (χ1n) is 8.19. The number of carbonyl (C=O) groups is 1. The van der Waals surface area contributed by atoms with Crippen LogP contribution < -0.4 is 0 Å². The van der Waals surface area contributed by atoms with E-state index in [4.69, 9.17) is 0 Å². The molecular formula is C19H20N2O2S. The molecule has 0 aliphatic carbocycles. The molecule has 2 saturated heterocycles. The Balaban J connectivity index is 1.59. The van der Waals surface area contributed by atoms with Crippen LogP contribution in [0.3, 0.4) is 0 Å². The molecule has 4 rings (SSSR count). The number of rotatable bonds is 4. The van der Waals surface area contributed by atoms with Gasteiger partial charge in [0.15, 0.2) is 0 Å². The lowest BCUT2D eigenvalue weighted by Gasteiger charge is -2.24. The van der Waals surface area contributed by atoms with Gasteiger partial charge in [0, 0.05) is 18.8 Å². The Hall–Kier alpha value is -1.98. The number of hydrogen-bond acceptors (Lipinski definition) is 3. The third-order valence-electron chi connectivity index (χ3n) is 4.77. The average Bonchev–Trinajstić information content (AvgIpc) is 3.11. The molecule has 1 unspecified atom stereocenters. The minimum atomic E-state index is -0.511. The van der Waals surface area contributed by atoms with Gasteiger partial charge >= 0.3 is 6.03 Å². The van der Waals surface area contributed by atoms with E-state index in [-0.39, 0.29) is 18.1 Å². The van der Waals surface area contributed by atoms with Crippen LogP contribution in [0.2, 0.25) is 0 Å². The van der Waals surface area contributed by atoms with Crippen molar-refractivity contribution in [3.8, 4) is 0 Å². The van der Waals surface area contributed by atoms with Crippen LogP contribution in [0.25, 0.3) is 0 Å². The Labute approximate surface area is 146 Å². The van der Waals surface area contributed by atoms with Crippen LogP contribution in [0, 0.1) is 0 Å². The molecule has 0 aromatic heterocycles. The number of aliphatic hydroxyl groups is 1. The van der Waals surface area contributed by atoms with Crippen molar-refractivity contribution in [2.24, 2.45) is 0 Å². The molecule has 3 atom stereocenters. The van der Waals surface area contributed by atoms with E-state index in [0.29, 0.717) is 13.1 Å². The number of carbonyl (C=O) groups excluding carboxylic acids is 1. The molecule has 2 aliphatic rings. The van der Waals surface area contributed by atoms with Crippen LogP contribution in [-0.4, -0.2) is 44.2 Å². The summed E-state index contributed by atoms with van der Waals surface area (Å²) in [6.45, 7) is 1.14. The van der Waals surface area contributed by atoms with Gasteiger partial charge in [-0.3, -0.25) is 0 Å². The van der Waals surface area contributed by atoms with E-state index in [0.717, 1.165) is 16.9 Å². The van der Waals surface area contributed by atoms with Crippen molar-refractivity contribution in [2.75, 3.05) is 5.75 Å². The molecule has 2 fully saturated rings. The van der Waals surface area contributed by atoms with Crippen LogP contribution >= 0.6 is 11.8 Å². The highest BCUT2D eigenvalue weighted by molar-refractivity contribution is 8.00. The minimum absolute atomic E-state index is 0.0251. The number of amides is 2. The molecule has 5 heteroatoms.